The number of aromatic amines is 1. The van der Waals surface area contributed by atoms with E-state index in [4.69, 9.17) is 0 Å². The predicted molar refractivity (Wildman–Crippen MR) is 64.5 cm³/mol. The number of nitrogens with one attached hydrogen (secondary N) is 2. The minimum atomic E-state index is 0.138. The van der Waals surface area contributed by atoms with Crippen LogP contribution in [0.3, 0.4) is 0 Å². The molecule has 0 amide bonds. The third-order valence-electron chi connectivity index (χ3n) is 2.81. The molecule has 0 saturated carbocycles. The van der Waals surface area contributed by atoms with Crippen molar-refractivity contribution in [2.75, 3.05) is 7.05 Å². The molecule has 0 aliphatic rings. The Labute approximate surface area is 100 Å². The van der Waals surface area contributed by atoms with Crippen LogP contribution < -0.4 is 5.32 Å². The van der Waals surface area contributed by atoms with Crippen molar-refractivity contribution in [3.05, 3.63) is 29.6 Å². The third kappa shape index (κ3) is 2.52. The minimum Gasteiger partial charge on any atom is -0.310 e. The van der Waals surface area contributed by atoms with Gasteiger partial charge in [0.05, 0.1) is 11.7 Å². The number of H-pyrrole nitrogens is 1. The third-order valence-corrected chi connectivity index (χ3v) is 2.81. The number of nitrogens with zero attached hydrogens (tertiary/aromatic N) is 4. The Bertz CT molecular complexity index is 458. The van der Waals surface area contributed by atoms with Crippen molar-refractivity contribution < 1.29 is 0 Å². The molecular formula is C11H18N6. The molecule has 0 aromatic carbocycles. The second-order valence-electron chi connectivity index (χ2n) is 4.01. The summed E-state index contributed by atoms with van der Waals surface area (Å²) in [5.74, 6) is 0.856. The average molecular weight is 234 g/mol. The number of likely N-dealkylation sites (N-methyl/N-ethyl adjacent to an activating group) is 1. The normalized spacial score (nSPS) is 12.9. The first-order valence-electron chi connectivity index (χ1n) is 5.80. The first kappa shape index (κ1) is 11.8. The molecular weight excluding hydrogens is 216 g/mol. The standard InChI is InChI=1S/C11H18N6/c1-4-17-9(5-8(2)16-17)6-10(12-3)11-13-7-14-15-11/h5,7,10,12H,4,6H2,1-3H3,(H,13,14,15). The van der Waals surface area contributed by atoms with E-state index in [2.05, 4.69) is 38.6 Å². The highest BCUT2D eigenvalue weighted by molar-refractivity contribution is 5.12. The lowest BCUT2D eigenvalue weighted by Crippen LogP contribution is -2.21. The van der Waals surface area contributed by atoms with E-state index in [-0.39, 0.29) is 6.04 Å². The van der Waals surface area contributed by atoms with E-state index in [1.54, 1.807) is 0 Å². The molecule has 92 valence electrons. The van der Waals surface area contributed by atoms with Gasteiger partial charge in [-0.1, -0.05) is 0 Å². The maximum atomic E-state index is 4.44. The molecule has 0 fully saturated rings. The second-order valence-corrected chi connectivity index (χ2v) is 4.01. The van der Waals surface area contributed by atoms with Crippen LogP contribution in [0.15, 0.2) is 12.4 Å². The van der Waals surface area contributed by atoms with Gasteiger partial charge in [-0.05, 0) is 27.0 Å². The molecule has 2 rings (SSSR count). The van der Waals surface area contributed by atoms with Gasteiger partial charge in [-0.3, -0.25) is 9.78 Å². The fourth-order valence-corrected chi connectivity index (χ4v) is 1.96. The van der Waals surface area contributed by atoms with E-state index in [1.807, 2.05) is 18.7 Å². The first-order chi connectivity index (χ1) is 8.24. The molecule has 0 radical (unpaired) electrons. The molecule has 0 aliphatic carbocycles. The molecule has 0 aliphatic heterocycles. The van der Waals surface area contributed by atoms with E-state index in [0.29, 0.717) is 0 Å². The molecule has 2 aromatic rings. The molecule has 2 N–H and O–H groups in total. The summed E-state index contributed by atoms with van der Waals surface area (Å²) in [7, 11) is 1.92. The topological polar surface area (TPSA) is 71.4 Å². The molecule has 1 unspecified atom stereocenters. The second kappa shape index (κ2) is 5.09. The summed E-state index contributed by atoms with van der Waals surface area (Å²) in [6.45, 7) is 4.99. The molecule has 1 atom stereocenters. The van der Waals surface area contributed by atoms with Crippen molar-refractivity contribution in [2.24, 2.45) is 0 Å². The van der Waals surface area contributed by atoms with Gasteiger partial charge in [0.2, 0.25) is 0 Å². The average Bonchev–Trinajstić information content (AvgIpc) is 2.94. The fourth-order valence-electron chi connectivity index (χ4n) is 1.96. The first-order valence-corrected chi connectivity index (χ1v) is 5.80. The largest absolute Gasteiger partial charge is 0.310 e. The highest BCUT2D eigenvalue weighted by atomic mass is 15.3. The van der Waals surface area contributed by atoms with Crippen molar-refractivity contribution in [1.82, 2.24) is 30.3 Å². The van der Waals surface area contributed by atoms with Crippen LogP contribution in [-0.4, -0.2) is 32.0 Å². The predicted octanol–water partition coefficient (Wildman–Crippen LogP) is 0.833. The highest BCUT2D eigenvalue weighted by Gasteiger charge is 2.15. The van der Waals surface area contributed by atoms with E-state index >= 15 is 0 Å². The van der Waals surface area contributed by atoms with Crippen molar-refractivity contribution in [3.8, 4) is 0 Å². The van der Waals surface area contributed by atoms with Gasteiger partial charge in [0, 0.05) is 18.7 Å². The van der Waals surface area contributed by atoms with E-state index < -0.39 is 0 Å². The van der Waals surface area contributed by atoms with E-state index in [1.165, 1.54) is 12.0 Å². The minimum absolute atomic E-state index is 0.138. The maximum absolute atomic E-state index is 4.44. The van der Waals surface area contributed by atoms with E-state index in [9.17, 15) is 0 Å². The number of rotatable bonds is 5. The summed E-state index contributed by atoms with van der Waals surface area (Å²) < 4.78 is 2.02. The molecule has 6 heteroatoms. The Kier molecular flexibility index (Phi) is 3.53. The van der Waals surface area contributed by atoms with Crippen molar-refractivity contribution in [3.63, 3.8) is 0 Å². The number of hydrogen-bond acceptors (Lipinski definition) is 4. The van der Waals surface area contributed by atoms with Crippen molar-refractivity contribution in [1.29, 1.82) is 0 Å². The maximum Gasteiger partial charge on any atom is 0.141 e. The van der Waals surface area contributed by atoms with Gasteiger partial charge in [-0.25, -0.2) is 4.98 Å². The lowest BCUT2D eigenvalue weighted by atomic mass is 10.1. The van der Waals surface area contributed by atoms with E-state index in [0.717, 1.165) is 24.5 Å². The van der Waals surface area contributed by atoms with Crippen LogP contribution in [0.1, 0.15) is 30.2 Å². The quantitative estimate of drug-likeness (QED) is 0.804. The highest BCUT2D eigenvalue weighted by Crippen LogP contribution is 2.15. The number of aromatic nitrogens is 5. The zero-order chi connectivity index (χ0) is 12.3. The molecule has 0 spiro atoms. The van der Waals surface area contributed by atoms with Crippen molar-refractivity contribution >= 4 is 0 Å². The fraction of sp³-hybridized carbons (Fsp3) is 0.545. The zero-order valence-corrected chi connectivity index (χ0v) is 10.4. The molecule has 6 nitrogen and oxygen atoms in total. The Morgan fingerprint density at radius 1 is 1.53 bits per heavy atom. The Hall–Kier alpha value is -1.69. The van der Waals surface area contributed by atoms with Gasteiger partial charge in [0.25, 0.3) is 0 Å². The molecule has 2 aromatic heterocycles. The molecule has 17 heavy (non-hydrogen) atoms. The summed E-state index contributed by atoms with van der Waals surface area (Å²) in [5, 5.41) is 14.5. The van der Waals surface area contributed by atoms with Crippen LogP contribution in [-0.2, 0) is 13.0 Å². The summed E-state index contributed by atoms with van der Waals surface area (Å²) in [4.78, 5) is 4.19. The SMILES string of the molecule is CCn1nc(C)cc1CC(NC)c1ncn[nH]1. The summed E-state index contributed by atoms with van der Waals surface area (Å²) in [6.07, 6.45) is 2.38. The van der Waals surface area contributed by atoms with Crippen LogP contribution in [0.25, 0.3) is 0 Å². The molecule has 0 bridgehead atoms. The lowest BCUT2D eigenvalue weighted by molar-refractivity contribution is 0.521. The number of hydrogen-bond donors (Lipinski definition) is 2. The Morgan fingerprint density at radius 2 is 2.35 bits per heavy atom. The number of aryl methyl sites for hydroxylation is 2. The smallest absolute Gasteiger partial charge is 0.141 e. The van der Waals surface area contributed by atoms with Gasteiger partial charge in [-0.2, -0.15) is 10.2 Å². The van der Waals surface area contributed by atoms with Gasteiger partial charge < -0.3 is 5.32 Å². The summed E-state index contributed by atoms with van der Waals surface area (Å²) in [6, 6.07) is 2.25. The molecule has 2 heterocycles. The van der Waals surface area contributed by atoms with Gasteiger partial charge >= 0.3 is 0 Å². The summed E-state index contributed by atoms with van der Waals surface area (Å²) in [5.41, 5.74) is 2.26. The zero-order valence-electron chi connectivity index (χ0n) is 10.4. The van der Waals surface area contributed by atoms with Crippen molar-refractivity contribution in [2.45, 2.75) is 32.9 Å². The molecule has 0 saturated heterocycles. The summed E-state index contributed by atoms with van der Waals surface area (Å²) >= 11 is 0. The van der Waals surface area contributed by atoms with Gasteiger partial charge in [-0.15, -0.1) is 0 Å². The van der Waals surface area contributed by atoms with Gasteiger partial charge in [0.15, 0.2) is 0 Å². The monoisotopic (exact) mass is 234 g/mol. The van der Waals surface area contributed by atoms with Crippen LogP contribution in [0.2, 0.25) is 0 Å². The Morgan fingerprint density at radius 3 is 2.94 bits per heavy atom. The van der Waals surface area contributed by atoms with Crippen LogP contribution >= 0.6 is 0 Å². The lowest BCUT2D eigenvalue weighted by Gasteiger charge is -2.13. The Balaban J connectivity index is 2.18. The van der Waals surface area contributed by atoms with Crippen LogP contribution in [0.4, 0.5) is 0 Å². The van der Waals surface area contributed by atoms with Crippen LogP contribution in [0, 0.1) is 6.92 Å². The van der Waals surface area contributed by atoms with Crippen LogP contribution in [0.5, 0.6) is 0 Å². The van der Waals surface area contributed by atoms with Gasteiger partial charge in [0.1, 0.15) is 12.2 Å².